The third-order valence-electron chi connectivity index (χ3n) is 7.84. The number of benzene rings is 1. The number of aryl methyl sites for hydroxylation is 1. The number of fused-ring (bicyclic) bond motifs is 5. The second-order valence-corrected chi connectivity index (χ2v) is 9.66. The molecule has 0 saturated heterocycles. The predicted octanol–water partition coefficient (Wildman–Crippen LogP) is 3.09. The van der Waals surface area contributed by atoms with Crippen LogP contribution in [0.3, 0.4) is 0 Å². The maximum absolute atomic E-state index is 10.9. The first-order chi connectivity index (χ1) is 15.3. The van der Waals surface area contributed by atoms with Crippen molar-refractivity contribution in [3.63, 3.8) is 0 Å². The SMILES string of the molecule is C[C@]12CC[C@@H]3c4ccc(O)cc4CC[C@H]3[C@@H]1CC/C2=N\OCCN(CC(=O)O)CC(=O)O. The van der Waals surface area contributed by atoms with Gasteiger partial charge in [-0.2, -0.15) is 0 Å². The molecular weight excluding hydrogens is 412 g/mol. The Morgan fingerprint density at radius 3 is 2.62 bits per heavy atom. The van der Waals surface area contributed by atoms with Gasteiger partial charge in [0.15, 0.2) is 0 Å². The van der Waals surface area contributed by atoms with Gasteiger partial charge >= 0.3 is 11.9 Å². The molecular formula is C24H32N2O6. The molecule has 3 aliphatic rings. The minimum absolute atomic E-state index is 0.0113. The van der Waals surface area contributed by atoms with E-state index in [1.807, 2.05) is 12.1 Å². The Hall–Kier alpha value is -2.61. The van der Waals surface area contributed by atoms with Crippen LogP contribution in [-0.4, -0.2) is 64.1 Å². The zero-order valence-corrected chi connectivity index (χ0v) is 18.5. The lowest BCUT2D eigenvalue weighted by Gasteiger charge is -2.49. The molecule has 4 atom stereocenters. The molecule has 0 bridgehead atoms. The van der Waals surface area contributed by atoms with Gasteiger partial charge in [-0.1, -0.05) is 18.1 Å². The molecule has 2 fully saturated rings. The molecule has 3 N–H and O–H groups in total. The van der Waals surface area contributed by atoms with Crippen molar-refractivity contribution in [2.24, 2.45) is 22.4 Å². The molecule has 32 heavy (non-hydrogen) atoms. The van der Waals surface area contributed by atoms with Crippen LogP contribution in [0.25, 0.3) is 0 Å². The number of aliphatic carboxylic acids is 2. The molecule has 0 aromatic heterocycles. The summed E-state index contributed by atoms with van der Waals surface area (Å²) in [6, 6.07) is 5.84. The van der Waals surface area contributed by atoms with Crippen LogP contribution in [0.15, 0.2) is 23.4 Å². The van der Waals surface area contributed by atoms with E-state index >= 15 is 0 Å². The van der Waals surface area contributed by atoms with Gasteiger partial charge in [-0.05, 0) is 79.5 Å². The van der Waals surface area contributed by atoms with Gasteiger partial charge in [0.25, 0.3) is 0 Å². The molecule has 3 aliphatic carbocycles. The zero-order chi connectivity index (χ0) is 22.9. The number of aromatic hydroxyl groups is 1. The van der Waals surface area contributed by atoms with Crippen molar-refractivity contribution in [3.05, 3.63) is 29.3 Å². The minimum atomic E-state index is -1.07. The highest BCUT2D eigenvalue weighted by Crippen LogP contribution is 2.60. The normalized spacial score (nSPS) is 29.9. The van der Waals surface area contributed by atoms with Crippen LogP contribution in [0.5, 0.6) is 5.75 Å². The van der Waals surface area contributed by atoms with Crippen molar-refractivity contribution in [1.29, 1.82) is 0 Å². The van der Waals surface area contributed by atoms with Crippen molar-refractivity contribution in [2.45, 2.75) is 51.4 Å². The summed E-state index contributed by atoms with van der Waals surface area (Å²) < 4.78 is 0. The molecule has 0 unspecified atom stereocenters. The predicted molar refractivity (Wildman–Crippen MR) is 118 cm³/mol. The molecule has 0 spiro atoms. The van der Waals surface area contributed by atoms with Gasteiger partial charge in [0.1, 0.15) is 12.4 Å². The summed E-state index contributed by atoms with van der Waals surface area (Å²) in [7, 11) is 0. The molecule has 2 saturated carbocycles. The van der Waals surface area contributed by atoms with Crippen molar-refractivity contribution in [2.75, 3.05) is 26.2 Å². The second kappa shape index (κ2) is 9.10. The third-order valence-corrected chi connectivity index (χ3v) is 7.84. The topological polar surface area (TPSA) is 120 Å². The number of rotatable bonds is 8. The number of hydrogen-bond donors (Lipinski definition) is 3. The van der Waals surface area contributed by atoms with Crippen LogP contribution in [-0.2, 0) is 20.8 Å². The Morgan fingerprint density at radius 1 is 1.16 bits per heavy atom. The minimum Gasteiger partial charge on any atom is -0.508 e. The Labute approximate surface area is 187 Å². The van der Waals surface area contributed by atoms with E-state index in [2.05, 4.69) is 18.1 Å². The number of phenols is 1. The summed E-state index contributed by atoms with van der Waals surface area (Å²) in [5, 5.41) is 32.2. The first-order valence-electron chi connectivity index (χ1n) is 11.4. The Morgan fingerprint density at radius 2 is 1.91 bits per heavy atom. The maximum Gasteiger partial charge on any atom is 0.317 e. The van der Waals surface area contributed by atoms with Gasteiger partial charge in [-0.3, -0.25) is 14.5 Å². The van der Waals surface area contributed by atoms with Crippen LogP contribution >= 0.6 is 0 Å². The summed E-state index contributed by atoms with van der Waals surface area (Å²) in [5.41, 5.74) is 3.79. The van der Waals surface area contributed by atoms with E-state index in [0.29, 0.717) is 23.5 Å². The monoisotopic (exact) mass is 444 g/mol. The molecule has 1 aromatic carbocycles. The Bertz CT molecular complexity index is 900. The van der Waals surface area contributed by atoms with Crippen molar-refractivity contribution < 1.29 is 29.7 Å². The fourth-order valence-electron chi connectivity index (χ4n) is 6.40. The average molecular weight is 445 g/mol. The summed E-state index contributed by atoms with van der Waals surface area (Å²) in [4.78, 5) is 28.7. The summed E-state index contributed by atoms with van der Waals surface area (Å²) >= 11 is 0. The molecule has 0 radical (unpaired) electrons. The van der Waals surface area contributed by atoms with Gasteiger partial charge in [-0.15, -0.1) is 0 Å². The van der Waals surface area contributed by atoms with Gasteiger partial charge in [0.05, 0.1) is 18.8 Å². The van der Waals surface area contributed by atoms with Gasteiger partial charge in [0, 0.05) is 12.0 Å². The molecule has 0 heterocycles. The lowest BCUT2D eigenvalue weighted by molar-refractivity contribution is -0.142. The number of nitrogens with zero attached hydrogens (tertiary/aromatic N) is 2. The van der Waals surface area contributed by atoms with E-state index in [-0.39, 0.29) is 31.7 Å². The first kappa shape index (κ1) is 22.6. The molecule has 0 aliphatic heterocycles. The highest BCUT2D eigenvalue weighted by atomic mass is 16.6. The highest BCUT2D eigenvalue weighted by Gasteiger charge is 2.53. The number of phenolic OH excluding ortho intramolecular Hbond substituents is 1. The van der Waals surface area contributed by atoms with Gasteiger partial charge in [0.2, 0.25) is 0 Å². The lowest BCUT2D eigenvalue weighted by atomic mass is 9.55. The molecule has 8 nitrogen and oxygen atoms in total. The molecule has 8 heteroatoms. The standard InChI is InChI=1S/C24H32N2O6/c1-24-9-8-18-17-5-3-16(27)12-15(17)2-4-19(18)20(24)6-7-21(24)25-32-11-10-26(13-22(28)29)14-23(30)31/h3,5,12,18-20,27H,2,4,6-11,13-14H2,1H3,(H,28,29)(H,30,31)/b25-21+/t18-,19-,20+,24+/m1/s1. The molecule has 1 aromatic rings. The van der Waals surface area contributed by atoms with Crippen molar-refractivity contribution >= 4 is 17.7 Å². The lowest BCUT2D eigenvalue weighted by Crippen LogP contribution is -2.42. The zero-order valence-electron chi connectivity index (χ0n) is 18.5. The van der Waals surface area contributed by atoms with E-state index in [1.54, 1.807) is 0 Å². The summed E-state index contributed by atoms with van der Waals surface area (Å²) in [6.45, 7) is 1.98. The quantitative estimate of drug-likeness (QED) is 0.416. The maximum atomic E-state index is 10.9. The summed E-state index contributed by atoms with van der Waals surface area (Å²) in [5.74, 6) is -0.0745. The molecule has 0 amide bonds. The smallest absolute Gasteiger partial charge is 0.317 e. The van der Waals surface area contributed by atoms with Gasteiger partial charge < -0.3 is 20.2 Å². The van der Waals surface area contributed by atoms with E-state index in [9.17, 15) is 14.7 Å². The number of carboxylic acids is 2. The number of hydrogen-bond acceptors (Lipinski definition) is 6. The Kier molecular flexibility index (Phi) is 6.42. The van der Waals surface area contributed by atoms with Crippen LogP contribution in [0.1, 0.15) is 56.1 Å². The van der Waals surface area contributed by atoms with Crippen molar-refractivity contribution in [1.82, 2.24) is 4.90 Å². The van der Waals surface area contributed by atoms with Crippen molar-refractivity contribution in [3.8, 4) is 5.75 Å². The molecule has 4 rings (SSSR count). The second-order valence-electron chi connectivity index (χ2n) is 9.66. The van der Waals surface area contributed by atoms with E-state index in [1.165, 1.54) is 16.0 Å². The van der Waals surface area contributed by atoms with E-state index in [0.717, 1.165) is 44.2 Å². The van der Waals surface area contributed by atoms with Crippen LogP contribution in [0.2, 0.25) is 0 Å². The van der Waals surface area contributed by atoms with Crippen LogP contribution in [0.4, 0.5) is 0 Å². The summed E-state index contributed by atoms with van der Waals surface area (Å²) in [6.07, 6.45) is 6.28. The molecule has 174 valence electrons. The van der Waals surface area contributed by atoms with E-state index in [4.69, 9.17) is 15.1 Å². The van der Waals surface area contributed by atoms with Crippen LogP contribution < -0.4 is 0 Å². The fraction of sp³-hybridized carbons (Fsp3) is 0.625. The van der Waals surface area contributed by atoms with E-state index < -0.39 is 11.9 Å². The third kappa shape index (κ3) is 4.46. The Balaban J connectivity index is 1.39. The first-order valence-corrected chi connectivity index (χ1v) is 11.4. The number of oxime groups is 1. The van der Waals surface area contributed by atoms with Crippen LogP contribution in [0, 0.1) is 17.3 Å². The fourth-order valence-corrected chi connectivity index (χ4v) is 6.40. The largest absolute Gasteiger partial charge is 0.508 e. The van der Waals surface area contributed by atoms with Gasteiger partial charge in [-0.25, -0.2) is 0 Å². The highest BCUT2D eigenvalue weighted by molar-refractivity contribution is 5.92. The average Bonchev–Trinajstić information content (AvgIpc) is 3.06. The number of carboxylic acid groups (broad SMARTS) is 2. The number of carbonyl (C=O) groups is 2.